The van der Waals surface area contributed by atoms with E-state index in [1.165, 1.54) is 18.7 Å². The Bertz CT molecular complexity index is 404. The molecule has 0 aromatic rings. The number of carbonyl (C=O) groups excluding carboxylic acids is 1. The van der Waals surface area contributed by atoms with Crippen LogP contribution in [0.15, 0.2) is 0 Å². The number of carboxylic acid groups (broad SMARTS) is 1. The molecule has 1 heterocycles. The van der Waals surface area contributed by atoms with Gasteiger partial charge in [0.2, 0.25) is 0 Å². The lowest BCUT2D eigenvalue weighted by atomic mass is 10.1. The molecule has 0 aromatic heterocycles. The summed E-state index contributed by atoms with van der Waals surface area (Å²) in [4.78, 5) is 24.5. The van der Waals surface area contributed by atoms with E-state index < -0.39 is 36.7 Å². The van der Waals surface area contributed by atoms with Gasteiger partial charge in [-0.3, -0.25) is 4.90 Å². The molecule has 1 saturated heterocycles. The standard InChI is InChI=1S/C12H19F3N2O3S/c1-6(2)9-17(8(5-21-9)10(18)19)11(20)16-7(3)4-12(13,14)15/h6-9H,4-5H2,1-3H3,(H,16,20)(H,18,19). The molecule has 3 unspecified atom stereocenters. The van der Waals surface area contributed by atoms with Crippen molar-refractivity contribution in [3.05, 3.63) is 0 Å². The maximum absolute atomic E-state index is 12.3. The lowest BCUT2D eigenvalue weighted by Gasteiger charge is -2.31. The molecule has 9 heteroatoms. The highest BCUT2D eigenvalue weighted by molar-refractivity contribution is 8.00. The van der Waals surface area contributed by atoms with Gasteiger partial charge in [0.1, 0.15) is 6.04 Å². The van der Waals surface area contributed by atoms with E-state index in [9.17, 15) is 22.8 Å². The Balaban J connectivity index is 2.78. The minimum Gasteiger partial charge on any atom is -0.480 e. The first kappa shape index (κ1) is 17.9. The second-order valence-electron chi connectivity index (χ2n) is 5.40. The molecule has 5 nitrogen and oxygen atoms in total. The van der Waals surface area contributed by atoms with Crippen LogP contribution < -0.4 is 5.32 Å². The van der Waals surface area contributed by atoms with Crippen LogP contribution in [0.4, 0.5) is 18.0 Å². The Morgan fingerprint density at radius 1 is 1.38 bits per heavy atom. The third-order valence-corrected chi connectivity index (χ3v) is 4.65. The number of amides is 2. The Labute approximate surface area is 125 Å². The van der Waals surface area contributed by atoms with Gasteiger partial charge < -0.3 is 10.4 Å². The van der Waals surface area contributed by atoms with Crippen molar-refractivity contribution >= 4 is 23.8 Å². The molecule has 0 aromatic carbocycles. The number of nitrogens with one attached hydrogen (secondary N) is 1. The third kappa shape index (κ3) is 4.98. The molecule has 2 N–H and O–H groups in total. The van der Waals surface area contributed by atoms with Crippen LogP contribution in [0.25, 0.3) is 0 Å². The average molecular weight is 328 g/mol. The van der Waals surface area contributed by atoms with E-state index in [0.29, 0.717) is 0 Å². The number of urea groups is 1. The van der Waals surface area contributed by atoms with Crippen LogP contribution in [-0.4, -0.2) is 51.4 Å². The van der Waals surface area contributed by atoms with E-state index in [0.717, 1.165) is 4.90 Å². The maximum Gasteiger partial charge on any atom is 0.391 e. The monoisotopic (exact) mass is 328 g/mol. The fourth-order valence-corrected chi connectivity index (χ4v) is 3.64. The van der Waals surface area contributed by atoms with Gasteiger partial charge in [0.05, 0.1) is 11.8 Å². The maximum atomic E-state index is 12.3. The Kier molecular flexibility index (Phi) is 5.77. The van der Waals surface area contributed by atoms with Gasteiger partial charge in [-0.2, -0.15) is 13.2 Å². The topological polar surface area (TPSA) is 69.6 Å². The van der Waals surface area contributed by atoms with Crippen molar-refractivity contribution in [3.8, 4) is 0 Å². The fraction of sp³-hybridized carbons (Fsp3) is 0.833. The zero-order valence-electron chi connectivity index (χ0n) is 12.0. The number of alkyl halides is 3. The summed E-state index contributed by atoms with van der Waals surface area (Å²) in [6, 6.07) is -2.88. The van der Waals surface area contributed by atoms with Gasteiger partial charge >= 0.3 is 18.2 Å². The molecule has 0 bridgehead atoms. The molecule has 0 aliphatic carbocycles. The van der Waals surface area contributed by atoms with E-state index in [-0.39, 0.29) is 17.0 Å². The van der Waals surface area contributed by atoms with Crippen molar-refractivity contribution in [1.29, 1.82) is 0 Å². The molecule has 0 radical (unpaired) electrons. The highest BCUT2D eigenvalue weighted by atomic mass is 32.2. The second kappa shape index (κ2) is 6.76. The smallest absolute Gasteiger partial charge is 0.391 e. The van der Waals surface area contributed by atoms with E-state index >= 15 is 0 Å². The summed E-state index contributed by atoms with van der Waals surface area (Å²) >= 11 is 1.33. The Hall–Kier alpha value is -1.12. The number of carbonyl (C=O) groups is 2. The Morgan fingerprint density at radius 3 is 2.38 bits per heavy atom. The van der Waals surface area contributed by atoms with E-state index in [4.69, 9.17) is 5.11 Å². The SMILES string of the molecule is CC(CC(F)(F)F)NC(=O)N1C(C(=O)O)CSC1C(C)C. The molecule has 1 aliphatic rings. The number of nitrogens with zero attached hydrogens (tertiary/aromatic N) is 1. The summed E-state index contributed by atoms with van der Waals surface area (Å²) in [5.41, 5.74) is 0. The number of aliphatic carboxylic acids is 1. The highest BCUT2D eigenvalue weighted by Crippen LogP contribution is 2.34. The summed E-state index contributed by atoms with van der Waals surface area (Å²) in [5.74, 6) is -0.911. The number of halogens is 3. The summed E-state index contributed by atoms with van der Waals surface area (Å²) in [6.45, 7) is 4.91. The van der Waals surface area contributed by atoms with Crippen LogP contribution >= 0.6 is 11.8 Å². The van der Waals surface area contributed by atoms with E-state index in [2.05, 4.69) is 5.32 Å². The van der Waals surface area contributed by atoms with Gasteiger partial charge in [0.15, 0.2) is 0 Å². The predicted molar refractivity (Wildman–Crippen MR) is 73.0 cm³/mol. The van der Waals surface area contributed by atoms with Gasteiger partial charge in [-0.15, -0.1) is 11.8 Å². The number of thioether (sulfide) groups is 1. The van der Waals surface area contributed by atoms with Crippen LogP contribution in [0.5, 0.6) is 0 Å². The zero-order valence-corrected chi connectivity index (χ0v) is 12.8. The van der Waals surface area contributed by atoms with Crippen molar-refractivity contribution in [2.45, 2.75) is 50.8 Å². The number of hydrogen-bond acceptors (Lipinski definition) is 3. The van der Waals surface area contributed by atoms with Crippen molar-refractivity contribution in [1.82, 2.24) is 10.2 Å². The average Bonchev–Trinajstić information content (AvgIpc) is 2.69. The minimum atomic E-state index is -4.38. The molecule has 21 heavy (non-hydrogen) atoms. The van der Waals surface area contributed by atoms with Crippen molar-refractivity contribution in [2.75, 3.05) is 5.75 Å². The molecule has 122 valence electrons. The van der Waals surface area contributed by atoms with Crippen LogP contribution in [0.3, 0.4) is 0 Å². The largest absolute Gasteiger partial charge is 0.480 e. The molecular formula is C12H19F3N2O3S. The highest BCUT2D eigenvalue weighted by Gasteiger charge is 2.43. The quantitative estimate of drug-likeness (QED) is 0.832. The molecule has 1 aliphatic heterocycles. The number of hydrogen-bond donors (Lipinski definition) is 2. The summed E-state index contributed by atoms with van der Waals surface area (Å²) in [6.07, 6.45) is -5.53. The molecule has 2 amide bonds. The lowest BCUT2D eigenvalue weighted by Crippen LogP contribution is -2.53. The van der Waals surface area contributed by atoms with Crippen molar-refractivity contribution in [2.24, 2.45) is 5.92 Å². The zero-order chi connectivity index (χ0) is 16.4. The van der Waals surface area contributed by atoms with E-state index in [1.54, 1.807) is 0 Å². The Morgan fingerprint density at radius 2 is 1.95 bits per heavy atom. The normalized spacial score (nSPS) is 24.2. The van der Waals surface area contributed by atoms with Gasteiger partial charge in [-0.1, -0.05) is 13.8 Å². The van der Waals surface area contributed by atoms with Crippen LogP contribution in [0, 0.1) is 5.92 Å². The molecular weight excluding hydrogens is 309 g/mol. The molecule has 3 atom stereocenters. The van der Waals surface area contributed by atoms with Crippen molar-refractivity contribution in [3.63, 3.8) is 0 Å². The second-order valence-corrected chi connectivity index (χ2v) is 6.55. The first-order valence-corrected chi connectivity index (χ1v) is 7.57. The number of rotatable bonds is 4. The van der Waals surface area contributed by atoms with Crippen LogP contribution in [0.1, 0.15) is 27.2 Å². The third-order valence-electron chi connectivity index (χ3n) is 3.03. The van der Waals surface area contributed by atoms with Crippen LogP contribution in [0.2, 0.25) is 0 Å². The van der Waals surface area contributed by atoms with Gasteiger partial charge in [-0.05, 0) is 12.8 Å². The first-order valence-electron chi connectivity index (χ1n) is 6.53. The summed E-state index contributed by atoms with van der Waals surface area (Å²) < 4.78 is 36.8. The summed E-state index contributed by atoms with van der Waals surface area (Å²) in [5, 5.41) is 11.0. The van der Waals surface area contributed by atoms with Crippen LogP contribution in [-0.2, 0) is 4.79 Å². The van der Waals surface area contributed by atoms with Gasteiger partial charge in [0, 0.05) is 11.8 Å². The van der Waals surface area contributed by atoms with Crippen molar-refractivity contribution < 1.29 is 27.9 Å². The molecule has 0 spiro atoms. The first-order chi connectivity index (χ1) is 9.53. The minimum absolute atomic E-state index is 0.00280. The summed E-state index contributed by atoms with van der Waals surface area (Å²) in [7, 11) is 0. The van der Waals surface area contributed by atoms with Gasteiger partial charge in [0.25, 0.3) is 0 Å². The molecule has 0 saturated carbocycles. The predicted octanol–water partition coefficient (Wildman–Crippen LogP) is 2.52. The lowest BCUT2D eigenvalue weighted by molar-refractivity contribution is -0.142. The molecule has 1 rings (SSSR count). The molecule has 1 fully saturated rings. The fourth-order valence-electron chi connectivity index (χ4n) is 2.17. The van der Waals surface area contributed by atoms with E-state index in [1.807, 2.05) is 13.8 Å². The number of carboxylic acids is 1. The van der Waals surface area contributed by atoms with Gasteiger partial charge in [-0.25, -0.2) is 9.59 Å².